The topological polar surface area (TPSA) is 81.9 Å². The van der Waals surface area contributed by atoms with Gasteiger partial charge in [0.2, 0.25) is 0 Å². The minimum atomic E-state index is -0.388. The van der Waals surface area contributed by atoms with Gasteiger partial charge in [-0.3, -0.25) is 14.6 Å². The van der Waals surface area contributed by atoms with Gasteiger partial charge in [0.05, 0.1) is 42.1 Å². The van der Waals surface area contributed by atoms with E-state index in [4.69, 9.17) is 4.74 Å². The van der Waals surface area contributed by atoms with Gasteiger partial charge < -0.3 is 10.1 Å². The fourth-order valence-corrected chi connectivity index (χ4v) is 2.59. The molecule has 0 spiro atoms. The number of hydrogen-bond acceptors (Lipinski definition) is 6. The van der Waals surface area contributed by atoms with Crippen LogP contribution in [0.2, 0.25) is 0 Å². The SMILES string of the molecule is COC(=O)c1ccnc(-c2ccc(NCCCc3cnn(C)c3)cn2)c1. The molecule has 0 radical (unpaired) electrons. The van der Waals surface area contributed by atoms with Crippen LogP contribution in [0.4, 0.5) is 5.69 Å². The van der Waals surface area contributed by atoms with Crippen molar-refractivity contribution in [2.45, 2.75) is 12.8 Å². The van der Waals surface area contributed by atoms with Gasteiger partial charge >= 0.3 is 5.97 Å². The fourth-order valence-electron chi connectivity index (χ4n) is 2.59. The summed E-state index contributed by atoms with van der Waals surface area (Å²) in [6.45, 7) is 0.853. The summed E-state index contributed by atoms with van der Waals surface area (Å²) in [5.41, 5.74) is 3.98. The second kappa shape index (κ2) is 8.24. The van der Waals surface area contributed by atoms with Crippen LogP contribution in [-0.2, 0) is 18.2 Å². The Labute approximate surface area is 152 Å². The molecular weight excluding hydrogens is 330 g/mol. The molecule has 3 aromatic rings. The molecule has 0 saturated heterocycles. The van der Waals surface area contributed by atoms with Crippen molar-refractivity contribution in [1.29, 1.82) is 0 Å². The van der Waals surface area contributed by atoms with Crippen molar-refractivity contribution in [2.75, 3.05) is 19.0 Å². The van der Waals surface area contributed by atoms with Crippen molar-refractivity contribution in [1.82, 2.24) is 19.7 Å². The first kappa shape index (κ1) is 17.6. The highest BCUT2D eigenvalue weighted by Gasteiger charge is 2.08. The zero-order chi connectivity index (χ0) is 18.4. The lowest BCUT2D eigenvalue weighted by Crippen LogP contribution is -2.04. The number of rotatable bonds is 7. The van der Waals surface area contributed by atoms with Crippen LogP contribution in [0.3, 0.4) is 0 Å². The van der Waals surface area contributed by atoms with Gasteiger partial charge in [0.1, 0.15) is 0 Å². The number of ether oxygens (including phenoxy) is 1. The van der Waals surface area contributed by atoms with E-state index < -0.39 is 0 Å². The van der Waals surface area contributed by atoms with Crippen LogP contribution in [0.5, 0.6) is 0 Å². The van der Waals surface area contributed by atoms with Gasteiger partial charge in [0, 0.05) is 26.0 Å². The predicted octanol–water partition coefficient (Wildman–Crippen LogP) is 2.71. The molecule has 3 rings (SSSR count). The summed E-state index contributed by atoms with van der Waals surface area (Å²) in [4.78, 5) is 20.3. The molecule has 0 unspecified atom stereocenters. The van der Waals surface area contributed by atoms with E-state index in [0.29, 0.717) is 17.0 Å². The Morgan fingerprint density at radius 2 is 2.08 bits per heavy atom. The Hall–Kier alpha value is -3.22. The molecule has 0 bridgehead atoms. The van der Waals surface area contributed by atoms with E-state index in [9.17, 15) is 4.79 Å². The molecule has 3 heterocycles. The highest BCUT2D eigenvalue weighted by molar-refractivity contribution is 5.90. The molecule has 1 N–H and O–H groups in total. The average molecular weight is 351 g/mol. The molecule has 7 nitrogen and oxygen atoms in total. The van der Waals surface area contributed by atoms with Crippen molar-refractivity contribution < 1.29 is 9.53 Å². The zero-order valence-corrected chi connectivity index (χ0v) is 14.8. The third kappa shape index (κ3) is 4.44. The van der Waals surface area contributed by atoms with Crippen molar-refractivity contribution in [3.8, 4) is 11.4 Å². The molecule has 134 valence electrons. The maximum atomic E-state index is 11.6. The Kier molecular flexibility index (Phi) is 5.58. The summed E-state index contributed by atoms with van der Waals surface area (Å²) in [5.74, 6) is -0.388. The lowest BCUT2D eigenvalue weighted by Gasteiger charge is -2.07. The van der Waals surface area contributed by atoms with Crippen molar-refractivity contribution in [3.05, 3.63) is 60.2 Å². The number of carbonyl (C=O) groups is 1. The molecule has 7 heteroatoms. The third-order valence-electron chi connectivity index (χ3n) is 3.94. The maximum absolute atomic E-state index is 11.6. The fraction of sp³-hybridized carbons (Fsp3) is 0.263. The molecule has 0 saturated carbocycles. The minimum absolute atomic E-state index is 0.388. The number of esters is 1. The molecule has 0 aromatic carbocycles. The van der Waals surface area contributed by atoms with Gasteiger partial charge in [0.15, 0.2) is 0 Å². The first-order valence-electron chi connectivity index (χ1n) is 8.38. The van der Waals surface area contributed by atoms with E-state index in [1.54, 1.807) is 24.5 Å². The quantitative estimate of drug-likeness (QED) is 0.521. The van der Waals surface area contributed by atoms with Gasteiger partial charge in [-0.2, -0.15) is 5.10 Å². The van der Waals surface area contributed by atoms with E-state index >= 15 is 0 Å². The highest BCUT2D eigenvalue weighted by atomic mass is 16.5. The maximum Gasteiger partial charge on any atom is 0.337 e. The van der Waals surface area contributed by atoms with Crippen LogP contribution in [0.1, 0.15) is 22.3 Å². The number of hydrogen-bond donors (Lipinski definition) is 1. The molecule has 0 aliphatic heterocycles. The Balaban J connectivity index is 1.55. The Morgan fingerprint density at radius 1 is 1.19 bits per heavy atom. The lowest BCUT2D eigenvalue weighted by atomic mass is 10.2. The predicted molar refractivity (Wildman–Crippen MR) is 98.8 cm³/mol. The second-order valence-electron chi connectivity index (χ2n) is 5.91. The van der Waals surface area contributed by atoms with Crippen LogP contribution >= 0.6 is 0 Å². The average Bonchev–Trinajstić information content (AvgIpc) is 3.10. The van der Waals surface area contributed by atoms with Crippen LogP contribution in [0.25, 0.3) is 11.4 Å². The molecule has 0 amide bonds. The molecular formula is C19H21N5O2. The van der Waals surface area contributed by atoms with Gasteiger partial charge in [-0.25, -0.2) is 4.79 Å². The summed E-state index contributed by atoms with van der Waals surface area (Å²) >= 11 is 0. The molecule has 3 aromatic heterocycles. The van der Waals surface area contributed by atoms with Crippen LogP contribution in [-0.4, -0.2) is 39.4 Å². The van der Waals surface area contributed by atoms with Gasteiger partial charge in [0.25, 0.3) is 0 Å². The van der Waals surface area contributed by atoms with Gasteiger partial charge in [-0.05, 0) is 42.7 Å². The largest absolute Gasteiger partial charge is 0.465 e. The van der Waals surface area contributed by atoms with Crippen molar-refractivity contribution >= 4 is 11.7 Å². The molecule has 0 atom stereocenters. The molecule has 0 aliphatic carbocycles. The first-order valence-corrected chi connectivity index (χ1v) is 8.38. The second-order valence-corrected chi connectivity index (χ2v) is 5.91. The number of aryl methyl sites for hydroxylation is 2. The minimum Gasteiger partial charge on any atom is -0.465 e. The Bertz CT molecular complexity index is 874. The van der Waals surface area contributed by atoms with E-state index in [2.05, 4.69) is 20.4 Å². The van der Waals surface area contributed by atoms with E-state index in [1.807, 2.05) is 36.3 Å². The van der Waals surface area contributed by atoms with Crippen LogP contribution < -0.4 is 5.32 Å². The summed E-state index contributed by atoms with van der Waals surface area (Å²) in [5, 5.41) is 7.52. The number of nitrogens with zero attached hydrogens (tertiary/aromatic N) is 4. The van der Waals surface area contributed by atoms with Crippen molar-refractivity contribution in [3.63, 3.8) is 0 Å². The summed E-state index contributed by atoms with van der Waals surface area (Å²) in [7, 11) is 3.28. The summed E-state index contributed by atoms with van der Waals surface area (Å²) < 4.78 is 6.55. The van der Waals surface area contributed by atoms with Gasteiger partial charge in [-0.15, -0.1) is 0 Å². The Morgan fingerprint density at radius 3 is 2.77 bits per heavy atom. The number of methoxy groups -OCH3 is 1. The molecule has 0 aliphatic rings. The van der Waals surface area contributed by atoms with Crippen LogP contribution in [0.15, 0.2) is 49.1 Å². The number of aromatic nitrogens is 4. The normalized spacial score (nSPS) is 10.5. The highest BCUT2D eigenvalue weighted by Crippen LogP contribution is 2.18. The number of anilines is 1. The lowest BCUT2D eigenvalue weighted by molar-refractivity contribution is 0.0600. The van der Waals surface area contributed by atoms with Gasteiger partial charge in [-0.1, -0.05) is 0 Å². The third-order valence-corrected chi connectivity index (χ3v) is 3.94. The van der Waals surface area contributed by atoms with E-state index in [0.717, 1.165) is 25.1 Å². The van der Waals surface area contributed by atoms with E-state index in [-0.39, 0.29) is 5.97 Å². The zero-order valence-electron chi connectivity index (χ0n) is 14.8. The molecule has 0 fully saturated rings. The smallest absolute Gasteiger partial charge is 0.337 e. The summed E-state index contributed by atoms with van der Waals surface area (Å²) in [6.07, 6.45) is 9.27. The summed E-state index contributed by atoms with van der Waals surface area (Å²) in [6, 6.07) is 7.13. The first-order chi connectivity index (χ1) is 12.7. The number of nitrogens with one attached hydrogen (secondary N) is 1. The van der Waals surface area contributed by atoms with Crippen molar-refractivity contribution in [2.24, 2.45) is 7.05 Å². The standard InChI is InChI=1S/C19H21N5O2/c1-24-13-14(11-23-24)4-3-8-20-16-5-6-17(22-12-16)18-10-15(7-9-21-18)19(25)26-2/h5-7,9-13,20H,3-4,8H2,1-2H3. The van der Waals surface area contributed by atoms with E-state index in [1.165, 1.54) is 12.7 Å². The van der Waals surface area contributed by atoms with Crippen LogP contribution in [0, 0.1) is 0 Å². The number of carbonyl (C=O) groups excluding carboxylic acids is 1. The monoisotopic (exact) mass is 351 g/mol. The number of pyridine rings is 2. The molecule has 26 heavy (non-hydrogen) atoms.